The number of hydrogen-bond donors (Lipinski definition) is 2. The molecular formula is H2CdO8S2SeZn. The first-order valence-corrected chi connectivity index (χ1v) is 8.29. The van der Waals surface area contributed by atoms with Crippen LogP contribution in [-0.4, -0.2) is 38.7 Å². The third kappa shape index (κ3) is 31.6. The Morgan fingerprint density at radius 3 is 1.00 bits per heavy atom. The van der Waals surface area contributed by atoms with Gasteiger partial charge in [0.1, 0.15) is 0 Å². The Morgan fingerprint density at radius 2 is 1.00 bits per heavy atom. The summed E-state index contributed by atoms with van der Waals surface area (Å²) in [5.41, 5.74) is 0. The molecule has 8 nitrogen and oxygen atoms in total. The molecule has 0 aliphatic rings. The van der Waals surface area contributed by atoms with Gasteiger partial charge >= 0.3 is 103 Å². The average molecular weight is 451 g/mol. The molecule has 0 heterocycles. The van der Waals surface area contributed by atoms with Gasteiger partial charge in [-0.3, -0.25) is 0 Å². The van der Waals surface area contributed by atoms with Crippen molar-refractivity contribution in [3.8, 4) is 0 Å². The molecule has 2 N–H and O–H groups in total. The molecule has 13 heavy (non-hydrogen) atoms. The van der Waals surface area contributed by atoms with Gasteiger partial charge in [-0.25, -0.2) is 0 Å². The molecule has 0 atom stereocenters. The molecule has 72 valence electrons. The van der Waals surface area contributed by atoms with Crippen molar-refractivity contribution in [3.63, 3.8) is 0 Å². The third-order valence-electron chi connectivity index (χ3n) is 0.172. The van der Waals surface area contributed by atoms with Crippen LogP contribution in [0.1, 0.15) is 0 Å². The fraction of sp³-hybridized carbons (Fsp3) is 0. The second-order valence-electron chi connectivity index (χ2n) is 0.924. The number of hydrogen-bond acceptors (Lipinski definition) is 4. The second-order valence-corrected chi connectivity index (χ2v) is 11.1. The molecule has 0 amide bonds. The van der Waals surface area contributed by atoms with Crippen LogP contribution in [-0.2, 0) is 74.8 Å². The van der Waals surface area contributed by atoms with Crippen molar-refractivity contribution in [3.05, 3.63) is 0 Å². The topological polar surface area (TPSA) is 166 Å². The molecule has 0 spiro atoms. The summed E-state index contributed by atoms with van der Waals surface area (Å²) < 4.78 is 54.4. The van der Waals surface area contributed by atoms with E-state index in [1.54, 1.807) is 0 Å². The van der Waals surface area contributed by atoms with Crippen molar-refractivity contribution in [2.75, 3.05) is 0 Å². The summed E-state index contributed by atoms with van der Waals surface area (Å²) in [5.74, 6) is 0. The monoisotopic (exact) mass is 452 g/mol. The van der Waals surface area contributed by atoms with Gasteiger partial charge in [0.05, 0.1) is 0 Å². The normalized spacial score (nSPS) is 9.38. The maximum absolute atomic E-state index is 9.69. The Labute approximate surface area is 112 Å². The fourth-order valence-corrected chi connectivity index (χ4v) is 5.08. The minimum atomic E-state index is -4.56. The predicted octanol–water partition coefficient (Wildman–Crippen LogP) is -1.95. The first-order chi connectivity index (χ1) is 3.71. The Hall–Kier alpha value is 1.80. The summed E-state index contributed by atoms with van der Waals surface area (Å²) in [6, 6.07) is 0. The fourth-order valence-electron chi connectivity index (χ4n) is 0.109. The third-order valence-corrected chi connectivity index (χ3v) is 8.04. The van der Waals surface area contributed by atoms with Gasteiger partial charge in [-0.05, 0) is 0 Å². The Bertz CT molecular complexity index is 247. The largest absolute Gasteiger partial charge is 2.00 e. The molecule has 0 saturated heterocycles. The standard InChI is InChI=1S/Cd.H2O6S2Se.2O.Zn/c;1-7(2,3)9-8(4,5)6;;;/h;(H,1,2,3)(H,4,5,6);;;/q+2;;2*-2;+2. The molecule has 0 fully saturated rings. The maximum Gasteiger partial charge on any atom is 2.00 e. The van der Waals surface area contributed by atoms with E-state index in [9.17, 15) is 16.8 Å². The van der Waals surface area contributed by atoms with Crippen molar-refractivity contribution < 1.29 is 83.7 Å². The first-order valence-electron chi connectivity index (χ1n) is 1.37. The summed E-state index contributed by atoms with van der Waals surface area (Å²) in [6.45, 7) is 0. The van der Waals surface area contributed by atoms with E-state index in [0.29, 0.717) is 0 Å². The molecule has 0 aliphatic heterocycles. The van der Waals surface area contributed by atoms with E-state index in [1.165, 1.54) is 0 Å². The smallest absolute Gasteiger partial charge is 2.00 e. The summed E-state index contributed by atoms with van der Waals surface area (Å²) in [5, 5.41) is 0. The average Bonchev–Trinajstić information content (AvgIpc) is 1.14. The zero-order chi connectivity index (χ0) is 7.71. The second kappa shape index (κ2) is 10.3. The minimum absolute atomic E-state index is 0. The summed E-state index contributed by atoms with van der Waals surface area (Å²) in [7, 11) is -9.11. The van der Waals surface area contributed by atoms with Crippen LogP contribution < -0.4 is 0 Å². The van der Waals surface area contributed by atoms with Gasteiger partial charge in [-0.2, -0.15) is 0 Å². The Kier molecular flexibility index (Phi) is 23.3. The van der Waals surface area contributed by atoms with Crippen LogP contribution in [0.25, 0.3) is 0 Å². The van der Waals surface area contributed by atoms with Gasteiger partial charge in [0, 0.05) is 0 Å². The van der Waals surface area contributed by atoms with Crippen molar-refractivity contribution in [1.82, 2.24) is 0 Å². The molecule has 0 rings (SSSR count). The Balaban J connectivity index is -0.0000000533. The van der Waals surface area contributed by atoms with Gasteiger partial charge in [-0.15, -0.1) is 0 Å². The van der Waals surface area contributed by atoms with Gasteiger partial charge in [0.25, 0.3) is 0 Å². The van der Waals surface area contributed by atoms with E-state index in [-0.39, 0.29) is 57.7 Å². The molecule has 0 bridgehead atoms. The van der Waals surface area contributed by atoms with E-state index in [4.69, 9.17) is 9.11 Å². The zero-order valence-electron chi connectivity index (χ0n) is 5.98. The molecule has 13 heteroatoms. The van der Waals surface area contributed by atoms with Crippen LogP contribution in [0.15, 0.2) is 0 Å². The maximum atomic E-state index is 9.69. The quantitative estimate of drug-likeness (QED) is 0.366. The van der Waals surface area contributed by atoms with Crippen molar-refractivity contribution in [2.45, 2.75) is 0 Å². The van der Waals surface area contributed by atoms with Crippen molar-refractivity contribution in [2.24, 2.45) is 0 Å². The SMILES string of the molecule is O=S(=O)(O)[Se]S(=O)(=O)O.[Cd+2].[O-2].[O-2].[Zn+2]. The molecule has 0 aromatic heterocycles. The summed E-state index contributed by atoms with van der Waals surface area (Å²) in [6.07, 6.45) is 0. The van der Waals surface area contributed by atoms with Crippen LogP contribution in [0.2, 0.25) is 0 Å². The van der Waals surface area contributed by atoms with Crippen molar-refractivity contribution in [1.29, 1.82) is 0 Å². The van der Waals surface area contributed by atoms with E-state index in [2.05, 4.69) is 0 Å². The van der Waals surface area contributed by atoms with Crippen LogP contribution in [0.5, 0.6) is 0 Å². The molecule has 0 radical (unpaired) electrons. The van der Waals surface area contributed by atoms with E-state index in [1.807, 2.05) is 0 Å². The first kappa shape index (κ1) is 29.3. The van der Waals surface area contributed by atoms with Crippen LogP contribution >= 0.6 is 0 Å². The zero-order valence-corrected chi connectivity index (χ0v) is 16.3. The summed E-state index contributed by atoms with van der Waals surface area (Å²) in [4.78, 5) is 0. The van der Waals surface area contributed by atoms with E-state index >= 15 is 0 Å². The van der Waals surface area contributed by atoms with E-state index in [0.717, 1.165) is 0 Å². The molecule has 0 aliphatic carbocycles. The van der Waals surface area contributed by atoms with Crippen molar-refractivity contribution >= 4 is 29.8 Å². The molecule has 0 aromatic carbocycles. The van der Waals surface area contributed by atoms with Gasteiger partial charge in [0.2, 0.25) is 0 Å². The molecular weight excluding hydrogens is 449 g/mol. The molecule has 0 aromatic rings. The van der Waals surface area contributed by atoms with Crippen LogP contribution in [0, 0.1) is 0 Å². The minimum Gasteiger partial charge on any atom is -2.00 e. The van der Waals surface area contributed by atoms with Crippen LogP contribution in [0.3, 0.4) is 0 Å². The van der Waals surface area contributed by atoms with Gasteiger partial charge in [-0.1, -0.05) is 0 Å². The Morgan fingerprint density at radius 1 is 0.846 bits per heavy atom. The summed E-state index contributed by atoms with van der Waals surface area (Å²) >= 11 is -2.19. The number of rotatable bonds is 2. The van der Waals surface area contributed by atoms with E-state index < -0.39 is 29.8 Å². The predicted molar refractivity (Wildman–Crippen MR) is 30.2 cm³/mol. The van der Waals surface area contributed by atoms with Gasteiger partial charge < -0.3 is 11.0 Å². The molecule has 0 unspecified atom stereocenters. The van der Waals surface area contributed by atoms with Crippen LogP contribution in [0.4, 0.5) is 0 Å². The molecule has 0 saturated carbocycles. The van der Waals surface area contributed by atoms with Gasteiger partial charge in [0.15, 0.2) is 0 Å².